The summed E-state index contributed by atoms with van der Waals surface area (Å²) in [4.78, 5) is 22.0. The first-order chi connectivity index (χ1) is 13.7. The normalized spacial score (nSPS) is 16.0. The van der Waals surface area contributed by atoms with Gasteiger partial charge in [-0.2, -0.15) is 10.4 Å². The number of carbonyl (C=O) groups is 1. The van der Waals surface area contributed by atoms with Crippen LogP contribution >= 0.6 is 23.1 Å². The van der Waals surface area contributed by atoms with Crippen molar-refractivity contribution in [2.24, 2.45) is 5.10 Å². The van der Waals surface area contributed by atoms with Crippen molar-refractivity contribution in [3.8, 4) is 6.07 Å². The van der Waals surface area contributed by atoms with Crippen LogP contribution in [0.5, 0.6) is 0 Å². The SMILES string of the molecule is N#Cc1cnc(SCC(=O)N2N=C(c3cccs3)C[C@H]2c2ccco2)nc1N. The molecule has 0 aliphatic carbocycles. The van der Waals surface area contributed by atoms with Crippen LogP contribution in [0.4, 0.5) is 5.82 Å². The molecule has 0 radical (unpaired) electrons. The molecule has 1 amide bonds. The number of carbonyl (C=O) groups excluding carboxylic acids is 1. The zero-order chi connectivity index (χ0) is 19.5. The lowest BCUT2D eigenvalue weighted by Gasteiger charge is -2.19. The van der Waals surface area contributed by atoms with Crippen molar-refractivity contribution in [1.82, 2.24) is 15.0 Å². The molecule has 4 heterocycles. The molecule has 0 saturated heterocycles. The average molecular weight is 410 g/mol. The van der Waals surface area contributed by atoms with Gasteiger partial charge in [-0.1, -0.05) is 17.8 Å². The summed E-state index contributed by atoms with van der Waals surface area (Å²) >= 11 is 2.73. The second kappa shape index (κ2) is 7.84. The van der Waals surface area contributed by atoms with Gasteiger partial charge in [0.05, 0.1) is 28.8 Å². The zero-order valence-electron chi connectivity index (χ0n) is 14.5. The molecule has 1 atom stereocenters. The van der Waals surface area contributed by atoms with Gasteiger partial charge in [-0.15, -0.1) is 11.3 Å². The van der Waals surface area contributed by atoms with Crippen LogP contribution in [-0.2, 0) is 4.79 Å². The molecule has 0 spiro atoms. The Morgan fingerprint density at radius 3 is 3.04 bits per heavy atom. The number of aromatic nitrogens is 2. The molecule has 0 saturated carbocycles. The van der Waals surface area contributed by atoms with Gasteiger partial charge in [0, 0.05) is 6.42 Å². The molecule has 10 heteroatoms. The number of nitrogens with zero attached hydrogens (tertiary/aromatic N) is 5. The van der Waals surface area contributed by atoms with Gasteiger partial charge in [-0.3, -0.25) is 4.79 Å². The molecule has 1 aliphatic heterocycles. The fourth-order valence-electron chi connectivity index (χ4n) is 2.76. The molecule has 140 valence electrons. The maximum absolute atomic E-state index is 12.9. The highest BCUT2D eigenvalue weighted by Gasteiger charge is 2.35. The molecular weight excluding hydrogens is 396 g/mol. The second-order valence-corrected chi connectivity index (χ2v) is 7.74. The zero-order valence-corrected chi connectivity index (χ0v) is 16.1. The second-order valence-electron chi connectivity index (χ2n) is 5.85. The standard InChI is InChI=1S/C18H14N6O2S2/c19-8-11-9-21-18(22-17(11)20)28-10-16(25)24-13(14-3-1-5-26-14)7-12(23-24)15-4-2-6-27-15/h1-6,9,13H,7,10H2,(H2,20,21,22)/t13-/m0/s1. The first-order valence-electron chi connectivity index (χ1n) is 8.28. The molecule has 0 unspecified atom stereocenters. The van der Waals surface area contributed by atoms with Crippen LogP contribution in [0.25, 0.3) is 0 Å². The van der Waals surface area contributed by atoms with Gasteiger partial charge in [-0.25, -0.2) is 15.0 Å². The number of furan rings is 1. The summed E-state index contributed by atoms with van der Waals surface area (Å²) in [6.45, 7) is 0. The fraction of sp³-hybridized carbons (Fsp3) is 0.167. The first-order valence-corrected chi connectivity index (χ1v) is 10.1. The van der Waals surface area contributed by atoms with E-state index in [0.29, 0.717) is 17.3 Å². The number of hydrogen-bond donors (Lipinski definition) is 1. The van der Waals surface area contributed by atoms with Crippen LogP contribution in [0.3, 0.4) is 0 Å². The van der Waals surface area contributed by atoms with Gasteiger partial charge >= 0.3 is 0 Å². The lowest BCUT2D eigenvalue weighted by molar-refractivity contribution is -0.130. The van der Waals surface area contributed by atoms with Gasteiger partial charge in [0.1, 0.15) is 29.3 Å². The molecule has 8 nitrogen and oxygen atoms in total. The van der Waals surface area contributed by atoms with Crippen molar-refractivity contribution in [2.45, 2.75) is 17.6 Å². The smallest absolute Gasteiger partial charge is 0.253 e. The van der Waals surface area contributed by atoms with Crippen molar-refractivity contribution in [1.29, 1.82) is 5.26 Å². The minimum absolute atomic E-state index is 0.0871. The Morgan fingerprint density at radius 2 is 2.36 bits per heavy atom. The predicted octanol–water partition coefficient (Wildman–Crippen LogP) is 3.05. The number of thioether (sulfide) groups is 1. The molecule has 4 rings (SSSR count). The third kappa shape index (κ3) is 3.62. The number of thiophene rings is 1. The highest BCUT2D eigenvalue weighted by molar-refractivity contribution is 7.99. The maximum atomic E-state index is 12.9. The van der Waals surface area contributed by atoms with E-state index in [-0.39, 0.29) is 29.1 Å². The van der Waals surface area contributed by atoms with Gasteiger partial charge in [-0.05, 0) is 23.6 Å². The Balaban J connectivity index is 1.52. The van der Waals surface area contributed by atoms with E-state index in [1.165, 1.54) is 11.2 Å². The van der Waals surface area contributed by atoms with Crippen molar-refractivity contribution in [3.05, 3.63) is 58.3 Å². The van der Waals surface area contributed by atoms with E-state index in [9.17, 15) is 4.79 Å². The van der Waals surface area contributed by atoms with E-state index < -0.39 is 0 Å². The average Bonchev–Trinajstić information content (AvgIpc) is 3.46. The Labute approximate surface area is 168 Å². The van der Waals surface area contributed by atoms with Crippen LogP contribution in [0, 0.1) is 11.3 Å². The molecule has 3 aromatic rings. The van der Waals surface area contributed by atoms with E-state index in [2.05, 4.69) is 15.1 Å². The monoisotopic (exact) mass is 410 g/mol. The van der Waals surface area contributed by atoms with Crippen LogP contribution in [0.2, 0.25) is 0 Å². The van der Waals surface area contributed by atoms with Crippen LogP contribution in [-0.4, -0.2) is 32.3 Å². The number of nitrogens with two attached hydrogens (primary N) is 1. The van der Waals surface area contributed by atoms with Gasteiger partial charge in [0.2, 0.25) is 0 Å². The highest BCUT2D eigenvalue weighted by atomic mass is 32.2. The summed E-state index contributed by atoms with van der Waals surface area (Å²) < 4.78 is 5.53. The molecule has 3 aromatic heterocycles. The van der Waals surface area contributed by atoms with Crippen LogP contribution in [0.1, 0.15) is 28.7 Å². The Bertz CT molecular complexity index is 1060. The van der Waals surface area contributed by atoms with Crippen molar-refractivity contribution >= 4 is 40.5 Å². The molecular formula is C18H14N6O2S2. The number of nitrogen functional groups attached to an aromatic ring is 1. The molecule has 28 heavy (non-hydrogen) atoms. The lowest BCUT2D eigenvalue weighted by Crippen LogP contribution is -2.28. The quantitative estimate of drug-likeness (QED) is 0.507. The molecule has 0 fully saturated rings. The Kier molecular flexibility index (Phi) is 5.10. The van der Waals surface area contributed by atoms with Gasteiger partial charge < -0.3 is 10.2 Å². The number of amides is 1. The van der Waals surface area contributed by atoms with Crippen molar-refractivity contribution in [2.75, 3.05) is 11.5 Å². The van der Waals surface area contributed by atoms with E-state index in [1.807, 2.05) is 29.6 Å². The number of anilines is 1. The third-order valence-corrected chi connectivity index (χ3v) is 5.85. The van der Waals surface area contributed by atoms with Crippen LogP contribution < -0.4 is 5.73 Å². The Morgan fingerprint density at radius 1 is 1.46 bits per heavy atom. The third-order valence-electron chi connectivity index (χ3n) is 4.08. The molecule has 2 N–H and O–H groups in total. The summed E-state index contributed by atoms with van der Waals surface area (Å²) in [5.74, 6) is 0.682. The molecule has 1 aliphatic rings. The summed E-state index contributed by atoms with van der Waals surface area (Å²) in [6.07, 6.45) is 3.53. The fourth-order valence-corrected chi connectivity index (χ4v) is 4.16. The van der Waals surface area contributed by atoms with Gasteiger partial charge in [0.15, 0.2) is 5.16 Å². The minimum atomic E-state index is -0.285. The predicted molar refractivity (Wildman–Crippen MR) is 106 cm³/mol. The van der Waals surface area contributed by atoms with Gasteiger partial charge in [0.25, 0.3) is 5.91 Å². The first kappa shape index (κ1) is 18.2. The summed E-state index contributed by atoms with van der Waals surface area (Å²) in [6, 6.07) is 9.20. The van der Waals surface area contributed by atoms with E-state index in [1.54, 1.807) is 23.7 Å². The number of nitriles is 1. The Hall–Kier alpha value is -3.16. The van der Waals surface area contributed by atoms with E-state index in [0.717, 1.165) is 22.4 Å². The summed E-state index contributed by atoms with van der Waals surface area (Å²) in [5.41, 5.74) is 6.77. The number of rotatable bonds is 5. The van der Waals surface area contributed by atoms with Crippen LogP contribution in [0.15, 0.2) is 56.8 Å². The molecule has 0 aromatic carbocycles. The van der Waals surface area contributed by atoms with Crippen molar-refractivity contribution in [3.63, 3.8) is 0 Å². The summed E-state index contributed by atoms with van der Waals surface area (Å²) in [7, 11) is 0. The molecule has 0 bridgehead atoms. The van der Waals surface area contributed by atoms with E-state index >= 15 is 0 Å². The topological polar surface area (TPSA) is 121 Å². The minimum Gasteiger partial charge on any atom is -0.467 e. The lowest BCUT2D eigenvalue weighted by atomic mass is 10.1. The number of hydrazone groups is 1. The maximum Gasteiger partial charge on any atom is 0.253 e. The summed E-state index contributed by atoms with van der Waals surface area (Å²) in [5, 5.41) is 17.2. The highest BCUT2D eigenvalue weighted by Crippen LogP contribution is 2.34. The van der Waals surface area contributed by atoms with E-state index in [4.69, 9.17) is 15.4 Å². The largest absolute Gasteiger partial charge is 0.467 e. The number of hydrogen-bond acceptors (Lipinski definition) is 9. The van der Waals surface area contributed by atoms with Crippen molar-refractivity contribution < 1.29 is 9.21 Å².